The maximum Gasteiger partial charge on any atom is 0.100 e. The van der Waals surface area contributed by atoms with Crippen molar-refractivity contribution in [1.82, 2.24) is 0 Å². The van der Waals surface area contributed by atoms with E-state index in [9.17, 15) is 0 Å². The van der Waals surface area contributed by atoms with E-state index in [2.05, 4.69) is 26.9 Å². The zero-order valence-electron chi connectivity index (χ0n) is 11.0. The van der Waals surface area contributed by atoms with Gasteiger partial charge in [-0.25, -0.2) is 0 Å². The topological polar surface area (TPSA) is 62.3 Å². The van der Waals surface area contributed by atoms with Gasteiger partial charge in [0.1, 0.15) is 6.07 Å². The SMILES string of the molecule is COC1CCN(c2ccc(C#N)c(Br)c2)C(CN)C1. The zero-order chi connectivity index (χ0) is 13.8. The summed E-state index contributed by atoms with van der Waals surface area (Å²) in [5, 5.41) is 8.95. The summed E-state index contributed by atoms with van der Waals surface area (Å²) in [5.41, 5.74) is 7.64. The van der Waals surface area contributed by atoms with E-state index in [4.69, 9.17) is 15.7 Å². The number of rotatable bonds is 3. The van der Waals surface area contributed by atoms with Crippen molar-refractivity contribution < 1.29 is 4.74 Å². The Labute approximate surface area is 122 Å². The molecule has 0 aromatic heterocycles. The second kappa shape index (κ2) is 6.38. The number of methoxy groups -OCH3 is 1. The molecule has 1 heterocycles. The van der Waals surface area contributed by atoms with Crippen molar-refractivity contribution in [1.29, 1.82) is 5.26 Å². The number of halogens is 1. The summed E-state index contributed by atoms with van der Waals surface area (Å²) in [5.74, 6) is 0. The van der Waals surface area contributed by atoms with Gasteiger partial charge in [0, 0.05) is 36.4 Å². The second-order valence-electron chi connectivity index (χ2n) is 4.74. The molecule has 5 heteroatoms. The number of hydrogen-bond donors (Lipinski definition) is 1. The lowest BCUT2D eigenvalue weighted by atomic mass is 9.98. The van der Waals surface area contributed by atoms with E-state index in [1.165, 1.54) is 0 Å². The Kier molecular flexibility index (Phi) is 4.81. The molecule has 0 radical (unpaired) electrons. The molecule has 0 amide bonds. The van der Waals surface area contributed by atoms with Gasteiger partial charge < -0.3 is 15.4 Å². The highest BCUT2D eigenvalue weighted by Gasteiger charge is 2.27. The van der Waals surface area contributed by atoms with Crippen molar-refractivity contribution in [3.8, 4) is 6.07 Å². The molecular formula is C14H18BrN3O. The molecule has 0 aliphatic carbocycles. The van der Waals surface area contributed by atoms with Crippen LogP contribution in [0.3, 0.4) is 0 Å². The number of anilines is 1. The van der Waals surface area contributed by atoms with E-state index in [-0.39, 0.29) is 0 Å². The van der Waals surface area contributed by atoms with E-state index in [1.807, 2.05) is 18.2 Å². The first kappa shape index (κ1) is 14.3. The standard InChI is InChI=1S/C14H18BrN3O/c1-19-13-4-5-18(12(6-13)9-17)11-3-2-10(8-16)14(15)7-11/h2-3,7,12-13H,4-6,9,17H2,1H3. The lowest BCUT2D eigenvalue weighted by Crippen LogP contribution is -2.48. The number of benzene rings is 1. The predicted octanol–water partition coefficient (Wildman–Crippen LogP) is 2.26. The first-order valence-electron chi connectivity index (χ1n) is 6.38. The summed E-state index contributed by atoms with van der Waals surface area (Å²) in [4.78, 5) is 2.31. The van der Waals surface area contributed by atoms with E-state index >= 15 is 0 Å². The maximum atomic E-state index is 8.95. The van der Waals surface area contributed by atoms with Gasteiger partial charge in [0.2, 0.25) is 0 Å². The highest BCUT2D eigenvalue weighted by molar-refractivity contribution is 9.10. The van der Waals surface area contributed by atoms with E-state index in [0.717, 1.165) is 29.5 Å². The molecule has 1 fully saturated rings. The summed E-state index contributed by atoms with van der Waals surface area (Å²) in [7, 11) is 1.76. The Hall–Kier alpha value is -1.09. The van der Waals surface area contributed by atoms with Gasteiger partial charge in [0.05, 0.1) is 11.7 Å². The highest BCUT2D eigenvalue weighted by Crippen LogP contribution is 2.29. The van der Waals surface area contributed by atoms with Crippen molar-refractivity contribution >= 4 is 21.6 Å². The normalized spacial score (nSPS) is 23.2. The molecule has 1 aliphatic rings. The predicted molar refractivity (Wildman–Crippen MR) is 79.1 cm³/mol. The second-order valence-corrected chi connectivity index (χ2v) is 5.60. The molecule has 2 unspecified atom stereocenters. The molecular weight excluding hydrogens is 306 g/mol. The fourth-order valence-electron chi connectivity index (χ4n) is 2.57. The summed E-state index contributed by atoms with van der Waals surface area (Å²) in [6.07, 6.45) is 2.25. The Morgan fingerprint density at radius 2 is 2.37 bits per heavy atom. The Balaban J connectivity index is 2.21. The summed E-state index contributed by atoms with van der Waals surface area (Å²) in [6, 6.07) is 8.27. The zero-order valence-corrected chi connectivity index (χ0v) is 12.6. The van der Waals surface area contributed by atoms with Gasteiger partial charge in [0.25, 0.3) is 0 Å². The Morgan fingerprint density at radius 3 is 2.95 bits per heavy atom. The van der Waals surface area contributed by atoms with Gasteiger partial charge in [-0.15, -0.1) is 0 Å². The molecule has 19 heavy (non-hydrogen) atoms. The number of nitriles is 1. The number of nitrogens with two attached hydrogens (primary N) is 1. The summed E-state index contributed by atoms with van der Waals surface area (Å²) >= 11 is 3.44. The van der Waals surface area contributed by atoms with Crippen molar-refractivity contribution in [3.63, 3.8) is 0 Å². The average Bonchev–Trinajstić information content (AvgIpc) is 2.46. The molecule has 1 saturated heterocycles. The van der Waals surface area contributed by atoms with Crippen molar-refractivity contribution in [2.24, 2.45) is 5.73 Å². The average molecular weight is 324 g/mol. The van der Waals surface area contributed by atoms with Gasteiger partial charge >= 0.3 is 0 Å². The third-order valence-electron chi connectivity index (χ3n) is 3.68. The van der Waals surface area contributed by atoms with Gasteiger partial charge in [-0.2, -0.15) is 5.26 Å². The smallest absolute Gasteiger partial charge is 0.100 e. The molecule has 2 atom stereocenters. The van der Waals surface area contributed by atoms with Crippen LogP contribution in [-0.2, 0) is 4.74 Å². The van der Waals surface area contributed by atoms with Crippen molar-refractivity contribution in [2.75, 3.05) is 25.1 Å². The minimum Gasteiger partial charge on any atom is -0.381 e. The third-order valence-corrected chi connectivity index (χ3v) is 4.33. The van der Waals surface area contributed by atoms with Gasteiger partial charge in [-0.1, -0.05) is 0 Å². The maximum absolute atomic E-state index is 8.95. The van der Waals surface area contributed by atoms with Crippen LogP contribution in [0.25, 0.3) is 0 Å². The van der Waals surface area contributed by atoms with Crippen LogP contribution in [0.5, 0.6) is 0 Å². The molecule has 0 saturated carbocycles. The highest BCUT2D eigenvalue weighted by atomic mass is 79.9. The first-order valence-corrected chi connectivity index (χ1v) is 7.18. The molecule has 0 spiro atoms. The monoisotopic (exact) mass is 323 g/mol. The van der Waals surface area contributed by atoms with Gasteiger partial charge in [-0.05, 0) is 47.0 Å². The van der Waals surface area contributed by atoms with Crippen LogP contribution in [0.15, 0.2) is 22.7 Å². The van der Waals surface area contributed by atoms with Crippen LogP contribution in [0.2, 0.25) is 0 Å². The van der Waals surface area contributed by atoms with Crippen molar-refractivity contribution in [3.05, 3.63) is 28.2 Å². The molecule has 1 aromatic carbocycles. The summed E-state index contributed by atoms with van der Waals surface area (Å²) in [6.45, 7) is 1.54. The van der Waals surface area contributed by atoms with Crippen LogP contribution in [0.4, 0.5) is 5.69 Å². The minimum absolute atomic E-state index is 0.290. The van der Waals surface area contributed by atoms with Crippen LogP contribution in [-0.4, -0.2) is 32.3 Å². The molecule has 1 aromatic rings. The van der Waals surface area contributed by atoms with E-state index < -0.39 is 0 Å². The van der Waals surface area contributed by atoms with E-state index in [1.54, 1.807) is 7.11 Å². The van der Waals surface area contributed by atoms with Crippen LogP contribution < -0.4 is 10.6 Å². The quantitative estimate of drug-likeness (QED) is 0.926. The first-order chi connectivity index (χ1) is 9.19. The van der Waals surface area contributed by atoms with Crippen LogP contribution in [0, 0.1) is 11.3 Å². The largest absolute Gasteiger partial charge is 0.381 e. The van der Waals surface area contributed by atoms with E-state index in [0.29, 0.717) is 24.3 Å². The number of piperidine rings is 1. The Morgan fingerprint density at radius 1 is 1.58 bits per heavy atom. The lowest BCUT2D eigenvalue weighted by molar-refractivity contribution is 0.0709. The van der Waals surface area contributed by atoms with Gasteiger partial charge in [0.15, 0.2) is 0 Å². The van der Waals surface area contributed by atoms with Crippen LogP contribution in [0.1, 0.15) is 18.4 Å². The fourth-order valence-corrected chi connectivity index (χ4v) is 3.02. The number of nitrogens with zero attached hydrogens (tertiary/aromatic N) is 2. The number of hydrogen-bond acceptors (Lipinski definition) is 4. The minimum atomic E-state index is 0.290. The molecule has 1 aliphatic heterocycles. The molecule has 2 N–H and O–H groups in total. The molecule has 102 valence electrons. The fraction of sp³-hybridized carbons (Fsp3) is 0.500. The third kappa shape index (κ3) is 3.08. The van der Waals surface area contributed by atoms with Gasteiger partial charge in [-0.3, -0.25) is 0 Å². The molecule has 2 rings (SSSR count). The molecule has 0 bridgehead atoms. The summed E-state index contributed by atoms with van der Waals surface area (Å²) < 4.78 is 6.26. The van der Waals surface area contributed by atoms with Crippen LogP contribution >= 0.6 is 15.9 Å². The number of ether oxygens (including phenoxy) is 1. The molecule has 4 nitrogen and oxygen atoms in total. The van der Waals surface area contributed by atoms with Crippen molar-refractivity contribution in [2.45, 2.75) is 25.0 Å². The lowest BCUT2D eigenvalue weighted by Gasteiger charge is -2.40. The Bertz CT molecular complexity index is 486.